The van der Waals surface area contributed by atoms with Crippen LogP contribution in [0.2, 0.25) is 0 Å². The molecular formula is C9H14N2S. The number of aromatic nitrogens is 2. The van der Waals surface area contributed by atoms with Gasteiger partial charge in [0.2, 0.25) is 0 Å². The van der Waals surface area contributed by atoms with E-state index in [1.165, 1.54) is 25.0 Å². The third-order valence-corrected chi connectivity index (χ3v) is 3.93. The van der Waals surface area contributed by atoms with Crippen LogP contribution in [0.4, 0.5) is 0 Å². The molecule has 0 spiro atoms. The van der Waals surface area contributed by atoms with E-state index >= 15 is 0 Å². The number of thioether (sulfide) groups is 1. The minimum absolute atomic E-state index is 0.595. The fraction of sp³-hybridized carbons (Fsp3) is 0.667. The van der Waals surface area contributed by atoms with E-state index in [-0.39, 0.29) is 0 Å². The Balaban J connectivity index is 1.82. The van der Waals surface area contributed by atoms with Crippen molar-refractivity contribution in [2.24, 2.45) is 5.41 Å². The van der Waals surface area contributed by atoms with Crippen molar-refractivity contribution in [2.75, 3.05) is 5.75 Å². The summed E-state index contributed by atoms with van der Waals surface area (Å²) in [6.45, 7) is 2.37. The van der Waals surface area contributed by atoms with Crippen molar-refractivity contribution in [1.82, 2.24) is 9.97 Å². The fourth-order valence-electron chi connectivity index (χ4n) is 1.50. The first-order valence-corrected chi connectivity index (χ1v) is 5.39. The van der Waals surface area contributed by atoms with Crippen LogP contribution < -0.4 is 0 Å². The third-order valence-electron chi connectivity index (χ3n) is 2.59. The minimum atomic E-state index is 0.595. The lowest BCUT2D eigenvalue weighted by Gasteiger charge is -2.37. The molecule has 1 aliphatic rings. The Bertz CT molecular complexity index is 239. The first kappa shape index (κ1) is 8.17. The Morgan fingerprint density at radius 3 is 3.00 bits per heavy atom. The van der Waals surface area contributed by atoms with E-state index in [0.29, 0.717) is 5.41 Å². The van der Waals surface area contributed by atoms with Crippen LogP contribution in [-0.2, 0) is 0 Å². The van der Waals surface area contributed by atoms with Crippen LogP contribution in [0.5, 0.6) is 0 Å². The van der Waals surface area contributed by atoms with Gasteiger partial charge in [0.15, 0.2) is 5.16 Å². The van der Waals surface area contributed by atoms with Gasteiger partial charge in [-0.05, 0) is 18.3 Å². The molecule has 0 radical (unpaired) electrons. The molecule has 3 heteroatoms. The molecule has 1 aromatic heterocycles. The van der Waals surface area contributed by atoms with E-state index in [4.69, 9.17) is 0 Å². The summed E-state index contributed by atoms with van der Waals surface area (Å²) in [5, 5.41) is 1.06. The van der Waals surface area contributed by atoms with Gasteiger partial charge in [-0.25, -0.2) is 4.98 Å². The first-order chi connectivity index (χ1) is 5.79. The van der Waals surface area contributed by atoms with Gasteiger partial charge in [-0.2, -0.15) is 0 Å². The highest BCUT2D eigenvalue weighted by molar-refractivity contribution is 7.99. The molecule has 2 rings (SSSR count). The van der Waals surface area contributed by atoms with Gasteiger partial charge < -0.3 is 4.98 Å². The summed E-state index contributed by atoms with van der Waals surface area (Å²) in [4.78, 5) is 7.29. The van der Waals surface area contributed by atoms with Crippen molar-refractivity contribution >= 4 is 11.8 Å². The molecule has 0 unspecified atom stereocenters. The maximum Gasteiger partial charge on any atom is 0.165 e. The van der Waals surface area contributed by atoms with Gasteiger partial charge in [0.05, 0.1) is 0 Å². The fourth-order valence-corrected chi connectivity index (χ4v) is 2.56. The van der Waals surface area contributed by atoms with Crippen LogP contribution in [0.1, 0.15) is 26.2 Å². The highest BCUT2D eigenvalue weighted by Crippen LogP contribution is 2.43. The van der Waals surface area contributed by atoms with E-state index in [9.17, 15) is 0 Å². The second-order valence-corrected chi connectivity index (χ2v) is 4.81. The van der Waals surface area contributed by atoms with E-state index in [1.54, 1.807) is 0 Å². The Kier molecular flexibility index (Phi) is 2.13. The lowest BCUT2D eigenvalue weighted by molar-refractivity contribution is 0.197. The molecule has 0 bridgehead atoms. The minimum Gasteiger partial charge on any atom is -0.340 e. The van der Waals surface area contributed by atoms with E-state index < -0.39 is 0 Å². The van der Waals surface area contributed by atoms with Gasteiger partial charge in [0.25, 0.3) is 0 Å². The molecule has 1 N–H and O–H groups in total. The van der Waals surface area contributed by atoms with Crippen LogP contribution in [0.3, 0.4) is 0 Å². The molecule has 0 saturated heterocycles. The van der Waals surface area contributed by atoms with Gasteiger partial charge in [-0.15, -0.1) is 0 Å². The zero-order valence-electron chi connectivity index (χ0n) is 7.34. The van der Waals surface area contributed by atoms with Crippen molar-refractivity contribution in [1.29, 1.82) is 0 Å². The SMILES string of the molecule is CC1(CSc2ncc[nH]2)CCC1. The molecule has 1 aliphatic carbocycles. The van der Waals surface area contributed by atoms with E-state index in [0.717, 1.165) is 5.16 Å². The molecule has 1 saturated carbocycles. The summed E-state index contributed by atoms with van der Waals surface area (Å²) in [5.41, 5.74) is 0.595. The number of rotatable bonds is 3. The summed E-state index contributed by atoms with van der Waals surface area (Å²) >= 11 is 1.84. The molecule has 0 aromatic carbocycles. The number of hydrogen-bond acceptors (Lipinski definition) is 2. The molecule has 2 nitrogen and oxygen atoms in total. The largest absolute Gasteiger partial charge is 0.340 e. The summed E-state index contributed by atoms with van der Waals surface area (Å²) in [6, 6.07) is 0. The second-order valence-electron chi connectivity index (χ2n) is 3.85. The summed E-state index contributed by atoms with van der Waals surface area (Å²) in [7, 11) is 0. The standard InChI is InChI=1S/C9H14N2S/c1-9(3-2-4-9)7-12-8-10-5-6-11-8/h5-6H,2-4,7H2,1H3,(H,10,11). The molecular weight excluding hydrogens is 168 g/mol. The average molecular weight is 182 g/mol. The maximum absolute atomic E-state index is 4.19. The second kappa shape index (κ2) is 3.13. The number of aromatic amines is 1. The average Bonchev–Trinajstić information content (AvgIpc) is 2.49. The number of nitrogens with zero attached hydrogens (tertiary/aromatic N) is 1. The summed E-state index contributed by atoms with van der Waals surface area (Å²) in [6.07, 6.45) is 7.88. The van der Waals surface area contributed by atoms with Crippen LogP contribution >= 0.6 is 11.8 Å². The van der Waals surface area contributed by atoms with Crippen LogP contribution in [-0.4, -0.2) is 15.7 Å². The normalized spacial score (nSPS) is 20.4. The number of H-pyrrole nitrogens is 1. The highest BCUT2D eigenvalue weighted by atomic mass is 32.2. The predicted molar refractivity (Wildman–Crippen MR) is 51.3 cm³/mol. The Hall–Kier alpha value is -0.440. The zero-order valence-corrected chi connectivity index (χ0v) is 8.16. The first-order valence-electron chi connectivity index (χ1n) is 4.41. The predicted octanol–water partition coefficient (Wildman–Crippen LogP) is 2.69. The topological polar surface area (TPSA) is 28.7 Å². The van der Waals surface area contributed by atoms with E-state index in [1.807, 2.05) is 24.2 Å². The monoisotopic (exact) mass is 182 g/mol. The van der Waals surface area contributed by atoms with Crippen molar-refractivity contribution in [3.63, 3.8) is 0 Å². The van der Waals surface area contributed by atoms with Crippen molar-refractivity contribution < 1.29 is 0 Å². The lowest BCUT2D eigenvalue weighted by atomic mass is 9.72. The molecule has 1 fully saturated rings. The number of hydrogen-bond donors (Lipinski definition) is 1. The highest BCUT2D eigenvalue weighted by Gasteiger charge is 2.31. The Labute approximate surface area is 77.2 Å². The maximum atomic E-state index is 4.19. The Morgan fingerprint density at radius 1 is 1.67 bits per heavy atom. The quantitative estimate of drug-likeness (QED) is 0.728. The molecule has 0 aliphatic heterocycles. The van der Waals surface area contributed by atoms with Crippen LogP contribution in [0, 0.1) is 5.41 Å². The van der Waals surface area contributed by atoms with Crippen molar-refractivity contribution in [3.05, 3.63) is 12.4 Å². The van der Waals surface area contributed by atoms with Gasteiger partial charge in [0, 0.05) is 18.1 Å². The zero-order chi connectivity index (χ0) is 8.44. The number of imidazole rings is 1. The number of nitrogens with one attached hydrogen (secondary N) is 1. The molecule has 0 atom stereocenters. The lowest BCUT2D eigenvalue weighted by Crippen LogP contribution is -2.27. The van der Waals surface area contributed by atoms with Crippen LogP contribution in [0.25, 0.3) is 0 Å². The molecule has 12 heavy (non-hydrogen) atoms. The van der Waals surface area contributed by atoms with E-state index in [2.05, 4.69) is 16.9 Å². The smallest absolute Gasteiger partial charge is 0.165 e. The molecule has 1 aromatic rings. The molecule has 1 heterocycles. The molecule has 0 amide bonds. The van der Waals surface area contributed by atoms with Crippen molar-refractivity contribution in [2.45, 2.75) is 31.3 Å². The van der Waals surface area contributed by atoms with Gasteiger partial charge >= 0.3 is 0 Å². The van der Waals surface area contributed by atoms with Gasteiger partial charge in [-0.3, -0.25) is 0 Å². The van der Waals surface area contributed by atoms with Crippen LogP contribution in [0.15, 0.2) is 17.6 Å². The molecule has 66 valence electrons. The third kappa shape index (κ3) is 1.66. The summed E-state index contributed by atoms with van der Waals surface area (Å²) in [5.74, 6) is 1.21. The van der Waals surface area contributed by atoms with Gasteiger partial charge in [0.1, 0.15) is 0 Å². The Morgan fingerprint density at radius 2 is 2.50 bits per heavy atom. The van der Waals surface area contributed by atoms with Gasteiger partial charge in [-0.1, -0.05) is 25.1 Å². The summed E-state index contributed by atoms with van der Waals surface area (Å²) < 4.78 is 0. The van der Waals surface area contributed by atoms with Crippen molar-refractivity contribution in [3.8, 4) is 0 Å².